The van der Waals surface area contributed by atoms with Crippen molar-refractivity contribution in [1.82, 2.24) is 5.32 Å². The van der Waals surface area contributed by atoms with Crippen molar-refractivity contribution in [3.8, 4) is 11.8 Å². The highest BCUT2D eigenvalue weighted by Crippen LogP contribution is 2.42. The largest absolute Gasteiger partial charge is 0.492 e. The number of anilines is 1. The number of amides is 2. The summed E-state index contributed by atoms with van der Waals surface area (Å²) in [5.74, 6) is -3.76. The minimum Gasteiger partial charge on any atom is -0.492 e. The molecule has 1 aliphatic rings. The van der Waals surface area contributed by atoms with Crippen LogP contribution in [-0.4, -0.2) is 37.3 Å². The number of thioether (sulfide) groups is 1. The van der Waals surface area contributed by atoms with Crippen molar-refractivity contribution in [2.24, 2.45) is 5.92 Å². The number of nitriles is 1. The van der Waals surface area contributed by atoms with Gasteiger partial charge in [-0.1, -0.05) is 47.1 Å². The molecule has 2 atom stereocenters. The zero-order valence-corrected chi connectivity index (χ0v) is 21.1. The number of hydrogen-bond acceptors (Lipinski definition) is 7. The van der Waals surface area contributed by atoms with Crippen LogP contribution >= 0.6 is 35.0 Å². The van der Waals surface area contributed by atoms with Crippen molar-refractivity contribution in [2.45, 2.75) is 12.8 Å². The highest BCUT2D eigenvalue weighted by Gasteiger charge is 2.44. The van der Waals surface area contributed by atoms with Crippen LogP contribution in [-0.2, 0) is 19.1 Å². The zero-order chi connectivity index (χ0) is 25.5. The van der Waals surface area contributed by atoms with E-state index in [0.717, 1.165) is 18.9 Å². The van der Waals surface area contributed by atoms with Gasteiger partial charge in [0.1, 0.15) is 11.7 Å². The van der Waals surface area contributed by atoms with Crippen LogP contribution in [0.4, 0.5) is 5.69 Å². The average molecular weight is 534 g/mol. The van der Waals surface area contributed by atoms with E-state index in [1.807, 2.05) is 6.92 Å². The lowest BCUT2D eigenvalue weighted by Crippen LogP contribution is -2.44. The third-order valence-corrected chi connectivity index (χ3v) is 6.60. The fourth-order valence-corrected chi connectivity index (χ4v) is 4.85. The van der Waals surface area contributed by atoms with E-state index in [4.69, 9.17) is 32.7 Å². The lowest BCUT2D eigenvalue weighted by atomic mass is 9.78. The van der Waals surface area contributed by atoms with E-state index in [2.05, 4.69) is 16.7 Å². The van der Waals surface area contributed by atoms with Gasteiger partial charge in [0.15, 0.2) is 0 Å². The molecule has 182 valence electrons. The van der Waals surface area contributed by atoms with E-state index in [9.17, 15) is 19.6 Å². The van der Waals surface area contributed by atoms with Crippen LogP contribution in [0.25, 0.3) is 0 Å². The van der Waals surface area contributed by atoms with Crippen LogP contribution in [0.1, 0.15) is 18.4 Å². The number of methoxy groups -OCH3 is 1. The monoisotopic (exact) mass is 533 g/mol. The van der Waals surface area contributed by atoms with Crippen LogP contribution in [0.3, 0.4) is 0 Å². The third-order valence-electron chi connectivity index (χ3n) is 5.05. The predicted molar refractivity (Wildman–Crippen MR) is 134 cm³/mol. The molecule has 0 fully saturated rings. The molecule has 0 aromatic heterocycles. The number of halogens is 2. The molecule has 2 N–H and O–H groups in total. The van der Waals surface area contributed by atoms with E-state index >= 15 is 0 Å². The highest BCUT2D eigenvalue weighted by molar-refractivity contribution is 8.03. The number of carbonyl (C=O) groups is 3. The van der Waals surface area contributed by atoms with Crippen molar-refractivity contribution in [3.05, 3.63) is 68.7 Å². The van der Waals surface area contributed by atoms with Crippen LogP contribution < -0.4 is 15.4 Å². The Labute approximate surface area is 216 Å². The Morgan fingerprint density at radius 1 is 1.23 bits per heavy atom. The fraction of sp³-hybridized carbons (Fsp3) is 0.250. The Bertz CT molecular complexity index is 1230. The van der Waals surface area contributed by atoms with Crippen LogP contribution in [0.15, 0.2) is 53.1 Å². The summed E-state index contributed by atoms with van der Waals surface area (Å²) in [7, 11) is 1.16. The second kappa shape index (κ2) is 12.0. The maximum Gasteiger partial charge on any atom is 0.319 e. The summed E-state index contributed by atoms with van der Waals surface area (Å²) in [6, 6.07) is 13.5. The van der Waals surface area contributed by atoms with Gasteiger partial charge in [0.25, 0.3) is 0 Å². The average Bonchev–Trinajstić information content (AvgIpc) is 2.83. The van der Waals surface area contributed by atoms with Gasteiger partial charge >= 0.3 is 5.97 Å². The fourth-order valence-electron chi connectivity index (χ4n) is 3.56. The first-order valence-electron chi connectivity index (χ1n) is 10.4. The molecule has 2 amide bonds. The molecule has 1 aliphatic heterocycles. The molecule has 3 rings (SSSR count). The number of rotatable bonds is 8. The number of benzene rings is 2. The first kappa shape index (κ1) is 26.4. The number of allylic oxidation sites excluding steroid dienone is 1. The summed E-state index contributed by atoms with van der Waals surface area (Å²) >= 11 is 13.2. The number of carbonyl (C=O) groups excluding carboxylic acids is 3. The first-order valence-corrected chi connectivity index (χ1v) is 12.2. The van der Waals surface area contributed by atoms with Gasteiger partial charge in [-0.15, -0.1) is 0 Å². The SMILES string of the molecule is CCOc1ccc([C@H]2C(C#N)=C(SCC(=O)Nc3cccc(Cl)c3)NC(=O)[C@@H]2C(=O)OC)cc1Cl. The number of ether oxygens (including phenoxy) is 2. The molecular formula is C24H21Cl2N3O5S. The second-order valence-electron chi connectivity index (χ2n) is 7.29. The predicted octanol–water partition coefficient (Wildman–Crippen LogP) is 4.50. The summed E-state index contributed by atoms with van der Waals surface area (Å²) in [5, 5.41) is 16.2. The van der Waals surface area contributed by atoms with Gasteiger partial charge < -0.3 is 20.1 Å². The Balaban J connectivity index is 1.93. The molecule has 8 nitrogen and oxygen atoms in total. The van der Waals surface area contributed by atoms with Crippen molar-refractivity contribution < 1.29 is 23.9 Å². The molecular weight excluding hydrogens is 513 g/mol. The van der Waals surface area contributed by atoms with Gasteiger partial charge in [0.2, 0.25) is 11.8 Å². The van der Waals surface area contributed by atoms with Gasteiger partial charge in [-0.3, -0.25) is 14.4 Å². The lowest BCUT2D eigenvalue weighted by Gasteiger charge is -2.31. The number of nitrogens with zero attached hydrogens (tertiary/aromatic N) is 1. The maximum absolute atomic E-state index is 12.9. The second-order valence-corrected chi connectivity index (χ2v) is 9.12. The first-order chi connectivity index (χ1) is 16.8. The summed E-state index contributed by atoms with van der Waals surface area (Å²) in [5.41, 5.74) is 1.08. The molecule has 0 bridgehead atoms. The zero-order valence-electron chi connectivity index (χ0n) is 18.8. The quantitative estimate of drug-likeness (QED) is 0.378. The minimum atomic E-state index is -1.31. The number of nitrogens with one attached hydrogen (secondary N) is 2. The van der Waals surface area contributed by atoms with E-state index in [0.29, 0.717) is 28.6 Å². The van der Waals surface area contributed by atoms with Crippen LogP contribution in [0.5, 0.6) is 5.75 Å². The Kier molecular flexibility index (Phi) is 9.04. The standard InChI is InChI=1S/C24H21Cl2N3O5S/c1-3-34-18-8-7-13(9-17(18)26)20-16(11-27)23(29-22(31)21(20)24(32)33-2)35-12-19(30)28-15-6-4-5-14(25)10-15/h4-10,20-21H,3,12H2,1-2H3,(H,28,30)(H,29,31)/t20-,21+/m0/s1. The molecule has 0 saturated heterocycles. The van der Waals surface area contributed by atoms with Gasteiger partial charge in [0.05, 0.1) is 41.2 Å². The lowest BCUT2D eigenvalue weighted by molar-refractivity contribution is -0.150. The number of hydrogen-bond donors (Lipinski definition) is 2. The molecule has 35 heavy (non-hydrogen) atoms. The van der Waals surface area contributed by atoms with Crippen molar-refractivity contribution in [1.29, 1.82) is 5.26 Å². The van der Waals surface area contributed by atoms with Crippen molar-refractivity contribution in [2.75, 3.05) is 24.8 Å². The molecule has 2 aromatic rings. The van der Waals surface area contributed by atoms with Crippen molar-refractivity contribution in [3.63, 3.8) is 0 Å². The molecule has 0 aliphatic carbocycles. The minimum absolute atomic E-state index is 0.104. The summed E-state index contributed by atoms with van der Waals surface area (Å²) in [4.78, 5) is 37.9. The summed E-state index contributed by atoms with van der Waals surface area (Å²) in [6.45, 7) is 2.21. The van der Waals surface area contributed by atoms with E-state index < -0.39 is 23.7 Å². The van der Waals surface area contributed by atoms with Gasteiger partial charge in [-0.05, 0) is 42.8 Å². The molecule has 0 spiro atoms. The summed E-state index contributed by atoms with van der Waals surface area (Å²) < 4.78 is 10.3. The van der Waals surface area contributed by atoms with E-state index in [1.165, 1.54) is 0 Å². The Morgan fingerprint density at radius 3 is 2.63 bits per heavy atom. The molecule has 1 heterocycles. The summed E-state index contributed by atoms with van der Waals surface area (Å²) in [6.07, 6.45) is 0. The van der Waals surface area contributed by atoms with E-state index in [-0.39, 0.29) is 27.3 Å². The van der Waals surface area contributed by atoms with Gasteiger partial charge in [0, 0.05) is 16.6 Å². The molecule has 0 saturated carbocycles. The Hall–Kier alpha value is -3.19. The van der Waals surface area contributed by atoms with Gasteiger partial charge in [-0.2, -0.15) is 5.26 Å². The molecule has 0 unspecified atom stereocenters. The van der Waals surface area contributed by atoms with Crippen LogP contribution in [0.2, 0.25) is 10.0 Å². The smallest absolute Gasteiger partial charge is 0.319 e. The third kappa shape index (κ3) is 6.28. The molecule has 0 radical (unpaired) electrons. The highest BCUT2D eigenvalue weighted by atomic mass is 35.5. The van der Waals surface area contributed by atoms with Gasteiger partial charge in [-0.25, -0.2) is 0 Å². The Morgan fingerprint density at radius 2 is 2.00 bits per heavy atom. The molecule has 11 heteroatoms. The normalized spacial score (nSPS) is 17.3. The molecule has 2 aromatic carbocycles. The number of esters is 1. The van der Waals surface area contributed by atoms with Crippen LogP contribution in [0, 0.1) is 17.2 Å². The maximum atomic E-state index is 12.9. The van der Waals surface area contributed by atoms with E-state index in [1.54, 1.807) is 42.5 Å². The topological polar surface area (TPSA) is 118 Å². The van der Waals surface area contributed by atoms with Crippen molar-refractivity contribution >= 4 is 58.4 Å².